The number of ether oxygens (including phenoxy) is 2. The molecule has 0 bridgehead atoms. The molecule has 0 fully saturated rings. The van der Waals surface area contributed by atoms with Gasteiger partial charge in [0.05, 0.1) is 6.61 Å². The second-order valence-electron chi connectivity index (χ2n) is 5.56. The SMILES string of the molecule is CCOC(=O)c1cc(Cc2ccccc2OCc2ccccc2)[nH]n1. The van der Waals surface area contributed by atoms with Gasteiger partial charge in [0, 0.05) is 17.7 Å². The number of hydrogen-bond acceptors (Lipinski definition) is 4. The van der Waals surface area contributed by atoms with Gasteiger partial charge in [0.1, 0.15) is 12.4 Å². The van der Waals surface area contributed by atoms with Crippen LogP contribution in [0.15, 0.2) is 60.7 Å². The first-order valence-electron chi connectivity index (χ1n) is 8.22. The Morgan fingerprint density at radius 1 is 1.08 bits per heavy atom. The van der Waals surface area contributed by atoms with Gasteiger partial charge in [-0.25, -0.2) is 4.79 Å². The summed E-state index contributed by atoms with van der Waals surface area (Å²) in [7, 11) is 0. The summed E-state index contributed by atoms with van der Waals surface area (Å²) in [4.78, 5) is 11.7. The maximum Gasteiger partial charge on any atom is 0.358 e. The lowest BCUT2D eigenvalue weighted by atomic mass is 10.1. The lowest BCUT2D eigenvalue weighted by Gasteiger charge is -2.11. The molecule has 0 aliphatic rings. The van der Waals surface area contributed by atoms with Gasteiger partial charge in [-0.15, -0.1) is 0 Å². The maximum atomic E-state index is 11.7. The number of H-pyrrole nitrogens is 1. The quantitative estimate of drug-likeness (QED) is 0.667. The third-order valence-electron chi connectivity index (χ3n) is 3.71. The van der Waals surface area contributed by atoms with Crippen molar-refractivity contribution in [3.05, 3.63) is 83.2 Å². The molecular formula is C20H20N2O3. The Morgan fingerprint density at radius 3 is 2.64 bits per heavy atom. The number of aromatic nitrogens is 2. The van der Waals surface area contributed by atoms with Crippen molar-refractivity contribution in [3.8, 4) is 5.75 Å². The van der Waals surface area contributed by atoms with E-state index in [1.54, 1.807) is 13.0 Å². The largest absolute Gasteiger partial charge is 0.489 e. The van der Waals surface area contributed by atoms with Crippen LogP contribution in [0.2, 0.25) is 0 Å². The molecule has 128 valence electrons. The number of nitrogens with zero attached hydrogens (tertiary/aromatic N) is 1. The van der Waals surface area contributed by atoms with Crippen LogP contribution in [0.25, 0.3) is 0 Å². The molecule has 0 spiro atoms. The minimum absolute atomic E-state index is 0.291. The predicted octanol–water partition coefficient (Wildman–Crippen LogP) is 3.76. The summed E-state index contributed by atoms with van der Waals surface area (Å²) in [5.41, 5.74) is 3.26. The minimum Gasteiger partial charge on any atom is -0.489 e. The third kappa shape index (κ3) is 4.47. The van der Waals surface area contributed by atoms with Crippen molar-refractivity contribution < 1.29 is 14.3 Å². The van der Waals surface area contributed by atoms with Crippen molar-refractivity contribution in [2.45, 2.75) is 20.0 Å². The number of esters is 1. The molecule has 5 heteroatoms. The molecule has 0 radical (unpaired) electrons. The maximum absolute atomic E-state index is 11.7. The Morgan fingerprint density at radius 2 is 1.84 bits per heavy atom. The van der Waals surface area contributed by atoms with Crippen molar-refractivity contribution in [2.75, 3.05) is 6.61 Å². The van der Waals surface area contributed by atoms with Gasteiger partial charge in [0.25, 0.3) is 0 Å². The first kappa shape index (κ1) is 16.8. The standard InChI is InChI=1S/C20H20N2O3/c1-2-24-20(23)18-13-17(21-22-18)12-16-10-6-7-11-19(16)25-14-15-8-4-3-5-9-15/h3-11,13H,2,12,14H2,1H3,(H,21,22). The number of carbonyl (C=O) groups is 1. The summed E-state index contributed by atoms with van der Waals surface area (Å²) in [6.45, 7) is 2.61. The van der Waals surface area contributed by atoms with Crippen LogP contribution in [-0.2, 0) is 17.8 Å². The first-order valence-corrected chi connectivity index (χ1v) is 8.22. The average molecular weight is 336 g/mol. The van der Waals surface area contributed by atoms with Crippen LogP contribution in [0.1, 0.15) is 34.2 Å². The summed E-state index contributed by atoms with van der Waals surface area (Å²) in [5, 5.41) is 6.90. The molecule has 2 aromatic carbocycles. The van der Waals surface area contributed by atoms with E-state index in [9.17, 15) is 4.79 Å². The van der Waals surface area contributed by atoms with Gasteiger partial charge in [0.15, 0.2) is 5.69 Å². The molecule has 1 N–H and O–H groups in total. The molecule has 0 amide bonds. The number of carbonyl (C=O) groups excluding carboxylic acids is 1. The molecule has 0 saturated heterocycles. The number of para-hydroxylation sites is 1. The zero-order valence-corrected chi connectivity index (χ0v) is 14.1. The second-order valence-corrected chi connectivity index (χ2v) is 5.56. The molecule has 0 unspecified atom stereocenters. The Balaban J connectivity index is 1.69. The summed E-state index contributed by atoms with van der Waals surface area (Å²) >= 11 is 0. The summed E-state index contributed by atoms with van der Waals surface area (Å²) in [6.07, 6.45) is 0.595. The topological polar surface area (TPSA) is 64.2 Å². The van der Waals surface area contributed by atoms with Crippen LogP contribution in [0.5, 0.6) is 5.75 Å². The molecule has 0 atom stereocenters. The highest BCUT2D eigenvalue weighted by Gasteiger charge is 2.13. The van der Waals surface area contributed by atoms with Crippen LogP contribution in [0.3, 0.4) is 0 Å². The third-order valence-corrected chi connectivity index (χ3v) is 3.71. The van der Waals surface area contributed by atoms with Crippen LogP contribution in [0, 0.1) is 0 Å². The number of nitrogens with one attached hydrogen (secondary N) is 1. The van der Waals surface area contributed by atoms with Gasteiger partial charge in [-0.05, 0) is 24.6 Å². The van der Waals surface area contributed by atoms with Crippen LogP contribution < -0.4 is 4.74 Å². The Bertz CT molecular complexity index is 828. The molecule has 0 aliphatic carbocycles. The number of hydrogen-bond donors (Lipinski definition) is 1. The van der Waals surface area contributed by atoms with Gasteiger partial charge < -0.3 is 9.47 Å². The molecule has 1 heterocycles. The van der Waals surface area contributed by atoms with Gasteiger partial charge in [-0.1, -0.05) is 48.5 Å². The van der Waals surface area contributed by atoms with E-state index >= 15 is 0 Å². The molecule has 3 rings (SSSR count). The smallest absolute Gasteiger partial charge is 0.358 e. The molecule has 5 nitrogen and oxygen atoms in total. The number of aromatic amines is 1. The molecule has 3 aromatic rings. The highest BCUT2D eigenvalue weighted by Crippen LogP contribution is 2.22. The first-order chi connectivity index (χ1) is 12.3. The van der Waals surface area contributed by atoms with Crippen molar-refractivity contribution >= 4 is 5.97 Å². The van der Waals surface area contributed by atoms with Crippen molar-refractivity contribution in [1.29, 1.82) is 0 Å². The average Bonchev–Trinajstić information content (AvgIpc) is 3.11. The fourth-order valence-electron chi connectivity index (χ4n) is 2.49. The van der Waals surface area contributed by atoms with E-state index < -0.39 is 5.97 Å². The summed E-state index contributed by atoms with van der Waals surface area (Å²) in [5.74, 6) is 0.400. The monoisotopic (exact) mass is 336 g/mol. The Hall–Kier alpha value is -3.08. The minimum atomic E-state index is -0.418. The van der Waals surface area contributed by atoms with E-state index in [1.165, 1.54) is 0 Å². The number of benzene rings is 2. The van der Waals surface area contributed by atoms with E-state index in [-0.39, 0.29) is 0 Å². The van der Waals surface area contributed by atoms with Crippen molar-refractivity contribution in [3.63, 3.8) is 0 Å². The van der Waals surface area contributed by atoms with E-state index in [1.807, 2.05) is 54.6 Å². The summed E-state index contributed by atoms with van der Waals surface area (Å²) in [6, 6.07) is 19.6. The molecular weight excluding hydrogens is 316 g/mol. The van der Waals surface area contributed by atoms with Gasteiger partial charge in [0.2, 0.25) is 0 Å². The predicted molar refractivity (Wildman–Crippen MR) is 94.6 cm³/mol. The van der Waals surface area contributed by atoms with Gasteiger partial charge in [-0.3, -0.25) is 5.10 Å². The van der Waals surface area contributed by atoms with Crippen molar-refractivity contribution in [2.24, 2.45) is 0 Å². The zero-order chi connectivity index (χ0) is 17.5. The molecule has 0 aliphatic heterocycles. The lowest BCUT2D eigenvalue weighted by molar-refractivity contribution is 0.0519. The molecule has 25 heavy (non-hydrogen) atoms. The van der Waals surface area contributed by atoms with Crippen molar-refractivity contribution in [1.82, 2.24) is 10.2 Å². The van der Waals surface area contributed by atoms with E-state index in [0.29, 0.717) is 25.3 Å². The van der Waals surface area contributed by atoms with E-state index in [2.05, 4.69) is 10.2 Å². The van der Waals surface area contributed by atoms with Crippen LogP contribution in [-0.4, -0.2) is 22.8 Å². The lowest BCUT2D eigenvalue weighted by Crippen LogP contribution is -2.04. The second kappa shape index (κ2) is 8.15. The van der Waals surface area contributed by atoms with Gasteiger partial charge >= 0.3 is 5.97 Å². The highest BCUT2D eigenvalue weighted by atomic mass is 16.5. The van der Waals surface area contributed by atoms with E-state index in [0.717, 1.165) is 22.6 Å². The zero-order valence-electron chi connectivity index (χ0n) is 14.1. The van der Waals surface area contributed by atoms with E-state index in [4.69, 9.17) is 9.47 Å². The number of rotatable bonds is 7. The fraction of sp³-hybridized carbons (Fsp3) is 0.200. The van der Waals surface area contributed by atoms with Crippen LogP contribution >= 0.6 is 0 Å². The summed E-state index contributed by atoms with van der Waals surface area (Å²) < 4.78 is 10.9. The molecule has 0 saturated carbocycles. The molecule has 1 aromatic heterocycles. The highest BCUT2D eigenvalue weighted by molar-refractivity contribution is 5.87. The van der Waals surface area contributed by atoms with Gasteiger partial charge in [-0.2, -0.15) is 5.10 Å². The Labute approximate surface area is 146 Å². The van der Waals surface area contributed by atoms with Crippen LogP contribution in [0.4, 0.5) is 0 Å². The Kier molecular flexibility index (Phi) is 5.46. The normalized spacial score (nSPS) is 10.4. The fourth-order valence-corrected chi connectivity index (χ4v) is 2.49.